The molecule has 1 unspecified atom stereocenters. The molecule has 0 aliphatic carbocycles. The van der Waals surface area contributed by atoms with E-state index in [-0.39, 0.29) is 6.47 Å². The van der Waals surface area contributed by atoms with Gasteiger partial charge in [0.2, 0.25) is 0 Å². The highest BCUT2D eigenvalue weighted by Gasteiger charge is 2.19. The van der Waals surface area contributed by atoms with Crippen molar-refractivity contribution in [2.45, 2.75) is 12.8 Å². The van der Waals surface area contributed by atoms with Crippen LogP contribution in [0, 0.1) is 0 Å². The van der Waals surface area contributed by atoms with Gasteiger partial charge in [-0.3, -0.25) is 9.59 Å². The quantitative estimate of drug-likeness (QED) is 0.250. The van der Waals surface area contributed by atoms with Crippen LogP contribution in [0.2, 0.25) is 0 Å². The second-order valence-electron chi connectivity index (χ2n) is 5.33. The Balaban J connectivity index is 2.12. The number of hydrogen-bond acceptors (Lipinski definition) is 6. The number of nitrogens with zero attached hydrogens (tertiary/aromatic N) is 1. The molecule has 0 bridgehead atoms. The fourth-order valence-electron chi connectivity index (χ4n) is 2.32. The average molecular weight is 368 g/mol. The third-order valence-electron chi connectivity index (χ3n) is 3.71. The van der Waals surface area contributed by atoms with Crippen LogP contribution in [0.15, 0.2) is 65.0 Å². The van der Waals surface area contributed by atoms with E-state index in [0.29, 0.717) is 11.3 Å². The fraction of sp³-hybridized carbons (Fsp3) is 0.150. The van der Waals surface area contributed by atoms with Gasteiger partial charge in [0.25, 0.3) is 0 Å². The highest BCUT2D eigenvalue weighted by Crippen LogP contribution is 2.28. The van der Waals surface area contributed by atoms with Crippen molar-refractivity contribution in [2.75, 3.05) is 7.05 Å². The van der Waals surface area contributed by atoms with Crippen molar-refractivity contribution in [3.63, 3.8) is 0 Å². The Bertz CT molecular complexity index is 804. The summed E-state index contributed by atoms with van der Waals surface area (Å²) in [6.07, 6.45) is 0. The third-order valence-corrected chi connectivity index (χ3v) is 4.31. The molecular formula is C20H20N2O3S. The van der Waals surface area contributed by atoms with Gasteiger partial charge in [-0.25, -0.2) is 4.99 Å². The predicted molar refractivity (Wildman–Crippen MR) is 106 cm³/mol. The van der Waals surface area contributed by atoms with E-state index in [1.54, 1.807) is 18.5 Å². The molecule has 0 spiro atoms. The maximum absolute atomic E-state index is 11.8. The summed E-state index contributed by atoms with van der Waals surface area (Å²) in [6, 6.07) is 17.3. The molecule has 134 valence electrons. The molecule has 0 saturated heterocycles. The van der Waals surface area contributed by atoms with Gasteiger partial charge < -0.3 is 10.1 Å². The summed E-state index contributed by atoms with van der Waals surface area (Å²) in [5.41, 5.74) is 5.14. The van der Waals surface area contributed by atoms with E-state index in [1.807, 2.05) is 61.0 Å². The van der Waals surface area contributed by atoms with E-state index in [2.05, 4.69) is 15.0 Å². The van der Waals surface area contributed by atoms with Crippen LogP contribution in [0.3, 0.4) is 0 Å². The number of rotatable bonds is 8. The van der Waals surface area contributed by atoms with Crippen molar-refractivity contribution < 1.29 is 14.3 Å². The number of aliphatic imine (C=N–C) groups is 1. The Labute approximate surface area is 157 Å². The lowest BCUT2D eigenvalue weighted by molar-refractivity contribution is -0.152. The number of carbonyl (C=O) groups excluding carboxylic acids is 2. The van der Waals surface area contributed by atoms with E-state index in [0.717, 1.165) is 11.3 Å². The molecule has 2 aromatic carbocycles. The molecule has 0 aromatic heterocycles. The number of ether oxygens (including phenoxy) is 1. The second kappa shape index (κ2) is 10.2. The minimum atomic E-state index is -0.600. The van der Waals surface area contributed by atoms with Crippen LogP contribution >= 0.6 is 11.8 Å². The van der Waals surface area contributed by atoms with Gasteiger partial charge in [-0.15, -0.1) is 0 Å². The zero-order chi connectivity index (χ0) is 18.8. The molecule has 1 atom stereocenters. The lowest BCUT2D eigenvalue weighted by Gasteiger charge is -2.11. The Morgan fingerprint density at radius 3 is 2.54 bits per heavy atom. The summed E-state index contributed by atoms with van der Waals surface area (Å²) in [7, 11) is 1.87. The number of nitrogens with one attached hydrogen (secondary N) is 1. The normalized spacial score (nSPS) is 12.6. The Morgan fingerprint density at radius 1 is 1.15 bits per heavy atom. The zero-order valence-electron chi connectivity index (χ0n) is 14.6. The number of hydrogen-bond donors (Lipinski definition) is 1. The highest BCUT2D eigenvalue weighted by atomic mass is 32.2. The van der Waals surface area contributed by atoms with Gasteiger partial charge >= 0.3 is 12.4 Å². The van der Waals surface area contributed by atoms with Gasteiger partial charge in [-0.1, -0.05) is 60.3 Å². The van der Waals surface area contributed by atoms with E-state index in [4.69, 9.17) is 0 Å². The van der Waals surface area contributed by atoms with Crippen molar-refractivity contribution in [1.82, 2.24) is 5.32 Å². The van der Waals surface area contributed by atoms with Crippen LogP contribution in [0.1, 0.15) is 24.0 Å². The monoisotopic (exact) mass is 368 g/mol. The summed E-state index contributed by atoms with van der Waals surface area (Å²) in [5.74, 6) is -1.18. The first kappa shape index (κ1) is 19.5. The molecule has 0 aliphatic heterocycles. The Hall–Kier alpha value is -2.86. The molecular weight excluding hydrogens is 348 g/mol. The molecule has 0 heterocycles. The smallest absolute Gasteiger partial charge is 0.320 e. The van der Waals surface area contributed by atoms with Crippen LogP contribution in [-0.4, -0.2) is 25.0 Å². The summed E-state index contributed by atoms with van der Waals surface area (Å²) in [4.78, 5) is 26.6. The molecule has 5 nitrogen and oxygen atoms in total. The first-order chi connectivity index (χ1) is 12.7. The van der Waals surface area contributed by atoms with Crippen LogP contribution in [0.4, 0.5) is 5.69 Å². The number of thioether (sulfide) groups is 1. The van der Waals surface area contributed by atoms with E-state index in [1.165, 1.54) is 11.8 Å². The van der Waals surface area contributed by atoms with Gasteiger partial charge in [-0.2, -0.15) is 0 Å². The van der Waals surface area contributed by atoms with Crippen LogP contribution in [0.5, 0.6) is 0 Å². The van der Waals surface area contributed by atoms with Crippen LogP contribution < -0.4 is 5.32 Å². The average Bonchev–Trinajstić information content (AvgIpc) is 2.68. The van der Waals surface area contributed by atoms with Crippen molar-refractivity contribution >= 4 is 41.1 Å². The van der Waals surface area contributed by atoms with E-state index >= 15 is 0 Å². The van der Waals surface area contributed by atoms with Gasteiger partial charge in [0.15, 0.2) is 0 Å². The molecule has 0 aliphatic rings. The minimum absolute atomic E-state index is 0.147. The van der Waals surface area contributed by atoms with Gasteiger partial charge in [0.05, 0.1) is 17.2 Å². The van der Waals surface area contributed by atoms with Gasteiger partial charge in [-0.05, 0) is 24.1 Å². The Kier molecular flexibility index (Phi) is 7.64. The molecule has 0 amide bonds. The maximum Gasteiger partial charge on any atom is 0.320 e. The second-order valence-corrected chi connectivity index (χ2v) is 6.05. The zero-order valence-corrected chi connectivity index (χ0v) is 15.4. The summed E-state index contributed by atoms with van der Waals surface area (Å²) in [5, 5.41) is 5.12. The fourth-order valence-corrected chi connectivity index (χ4v) is 2.95. The van der Waals surface area contributed by atoms with Crippen LogP contribution in [-0.2, 0) is 14.3 Å². The number of benzene rings is 2. The van der Waals surface area contributed by atoms with E-state index < -0.39 is 11.9 Å². The standard InChI is InChI=1S/C20H20N2O3S/c1-15(20(24)25-14-23)17-10-6-7-11-18(17)22-13-26-12-19(21-2)16-8-4-3-5-9-16/h3-15,21H,1-2H3/b19-12-,22-13?. The Morgan fingerprint density at radius 2 is 1.85 bits per heavy atom. The highest BCUT2D eigenvalue weighted by molar-refractivity contribution is 8.14. The van der Waals surface area contributed by atoms with Crippen LogP contribution in [0.25, 0.3) is 5.70 Å². The first-order valence-electron chi connectivity index (χ1n) is 8.01. The van der Waals surface area contributed by atoms with Crippen molar-refractivity contribution in [3.05, 3.63) is 71.1 Å². The molecule has 0 fully saturated rings. The van der Waals surface area contributed by atoms with Crippen molar-refractivity contribution in [3.8, 4) is 0 Å². The lowest BCUT2D eigenvalue weighted by Crippen LogP contribution is -2.12. The summed E-state index contributed by atoms with van der Waals surface area (Å²) >= 11 is 1.43. The molecule has 1 N–H and O–H groups in total. The number of carbonyl (C=O) groups is 2. The third kappa shape index (κ3) is 5.32. The summed E-state index contributed by atoms with van der Waals surface area (Å²) in [6.45, 7) is 1.83. The van der Waals surface area contributed by atoms with Gasteiger partial charge in [0, 0.05) is 18.2 Å². The van der Waals surface area contributed by atoms with Crippen molar-refractivity contribution in [2.24, 2.45) is 4.99 Å². The largest absolute Gasteiger partial charge is 0.395 e. The number of para-hydroxylation sites is 1. The molecule has 26 heavy (non-hydrogen) atoms. The molecule has 2 aromatic rings. The molecule has 0 radical (unpaired) electrons. The molecule has 6 heteroatoms. The summed E-state index contributed by atoms with van der Waals surface area (Å²) < 4.78 is 4.44. The lowest BCUT2D eigenvalue weighted by atomic mass is 10.00. The van der Waals surface area contributed by atoms with E-state index in [9.17, 15) is 9.59 Å². The minimum Gasteiger partial charge on any atom is -0.395 e. The maximum atomic E-state index is 11.8. The number of esters is 1. The molecule has 0 saturated carbocycles. The first-order valence-corrected chi connectivity index (χ1v) is 8.96. The SMILES string of the molecule is CN/C(=C\SC=Nc1ccccc1C(C)C(=O)OC=O)c1ccccc1. The van der Waals surface area contributed by atoms with Gasteiger partial charge in [0.1, 0.15) is 0 Å². The topological polar surface area (TPSA) is 67.8 Å². The van der Waals surface area contributed by atoms with Crippen molar-refractivity contribution in [1.29, 1.82) is 0 Å². The molecule has 2 rings (SSSR count). The predicted octanol–water partition coefficient (Wildman–Crippen LogP) is 4.10.